The van der Waals surface area contributed by atoms with E-state index in [0.717, 1.165) is 41.8 Å². The van der Waals surface area contributed by atoms with Crippen LogP contribution in [-0.4, -0.2) is 14.9 Å². The number of nitrogens with zero attached hydrogens (tertiary/aromatic N) is 2. The fourth-order valence-electron chi connectivity index (χ4n) is 2.98. The summed E-state index contributed by atoms with van der Waals surface area (Å²) in [4.78, 5) is 0. The fraction of sp³-hybridized carbons (Fsp3) is 0.286. The van der Waals surface area contributed by atoms with Crippen LogP contribution < -0.4 is 0 Å². The summed E-state index contributed by atoms with van der Waals surface area (Å²) >= 11 is 0. The topological polar surface area (TPSA) is 38.1 Å². The van der Waals surface area contributed by atoms with E-state index in [2.05, 4.69) is 62.3 Å². The number of rotatable bonds is 5. The van der Waals surface area contributed by atoms with Crippen molar-refractivity contribution in [1.29, 1.82) is 0 Å². The third kappa shape index (κ3) is 3.21. The van der Waals surface area contributed by atoms with Gasteiger partial charge in [-0.3, -0.25) is 0 Å². The highest BCUT2D eigenvalue weighted by molar-refractivity contribution is 5.69. The van der Waals surface area contributed by atoms with Gasteiger partial charge in [0.2, 0.25) is 5.88 Å². The first-order valence-corrected chi connectivity index (χ1v) is 8.55. The van der Waals surface area contributed by atoms with Crippen molar-refractivity contribution in [1.82, 2.24) is 9.78 Å². The average Bonchev–Trinajstić information content (AvgIpc) is 2.90. The minimum atomic E-state index is 0.139. The molecule has 3 rings (SSSR count). The van der Waals surface area contributed by atoms with Crippen molar-refractivity contribution < 1.29 is 5.11 Å². The van der Waals surface area contributed by atoms with Gasteiger partial charge in [0.1, 0.15) is 0 Å². The Morgan fingerprint density at radius 1 is 1.00 bits per heavy atom. The van der Waals surface area contributed by atoms with Crippen LogP contribution in [0.25, 0.3) is 16.9 Å². The Morgan fingerprint density at radius 2 is 1.75 bits per heavy atom. The average molecular weight is 320 g/mol. The summed E-state index contributed by atoms with van der Waals surface area (Å²) in [5, 5.41) is 14.9. The molecule has 0 atom stereocenters. The molecule has 0 amide bonds. The quantitative estimate of drug-likeness (QED) is 0.701. The van der Waals surface area contributed by atoms with Crippen LogP contribution in [-0.2, 0) is 6.42 Å². The molecule has 24 heavy (non-hydrogen) atoms. The van der Waals surface area contributed by atoms with E-state index in [1.54, 1.807) is 0 Å². The lowest BCUT2D eigenvalue weighted by Crippen LogP contribution is -2.00. The van der Waals surface area contributed by atoms with Gasteiger partial charge in [0.15, 0.2) is 0 Å². The molecule has 0 saturated carbocycles. The Morgan fingerprint density at radius 3 is 2.42 bits per heavy atom. The number of aromatic nitrogens is 2. The smallest absolute Gasteiger partial charge is 0.234 e. The summed E-state index contributed by atoms with van der Waals surface area (Å²) in [5.74, 6) is 0.139. The summed E-state index contributed by atoms with van der Waals surface area (Å²) in [5.41, 5.74) is 6.39. The van der Waals surface area contributed by atoms with Crippen LogP contribution in [0.3, 0.4) is 0 Å². The van der Waals surface area contributed by atoms with Crippen molar-refractivity contribution >= 4 is 0 Å². The van der Waals surface area contributed by atoms with Crippen LogP contribution in [0, 0.1) is 13.8 Å². The molecule has 3 aromatic rings. The zero-order valence-electron chi connectivity index (χ0n) is 14.6. The van der Waals surface area contributed by atoms with Crippen LogP contribution in [0.1, 0.15) is 36.5 Å². The van der Waals surface area contributed by atoms with Crippen LogP contribution >= 0.6 is 0 Å². The molecule has 0 saturated heterocycles. The molecule has 1 N–H and O–H groups in total. The molecule has 1 heterocycles. The first-order chi connectivity index (χ1) is 11.6. The van der Waals surface area contributed by atoms with E-state index in [4.69, 9.17) is 0 Å². The fourth-order valence-corrected chi connectivity index (χ4v) is 2.98. The van der Waals surface area contributed by atoms with Crippen LogP contribution in [0.2, 0.25) is 0 Å². The van der Waals surface area contributed by atoms with Crippen molar-refractivity contribution in [3.05, 3.63) is 65.2 Å². The van der Waals surface area contributed by atoms with Gasteiger partial charge < -0.3 is 5.11 Å². The molecule has 3 nitrogen and oxygen atoms in total. The summed E-state index contributed by atoms with van der Waals surface area (Å²) in [6, 6.07) is 16.6. The molecule has 0 aliphatic heterocycles. The molecule has 3 heteroatoms. The van der Waals surface area contributed by atoms with E-state index in [9.17, 15) is 5.11 Å². The Labute approximate surface area is 143 Å². The van der Waals surface area contributed by atoms with E-state index < -0.39 is 0 Å². The maximum Gasteiger partial charge on any atom is 0.234 e. The molecule has 2 aromatic carbocycles. The summed E-state index contributed by atoms with van der Waals surface area (Å²) in [7, 11) is 0. The highest BCUT2D eigenvalue weighted by atomic mass is 16.3. The zero-order valence-corrected chi connectivity index (χ0v) is 14.6. The highest BCUT2D eigenvalue weighted by Crippen LogP contribution is 2.34. The molecule has 0 aliphatic rings. The van der Waals surface area contributed by atoms with Crippen LogP contribution in [0.5, 0.6) is 5.88 Å². The summed E-state index contributed by atoms with van der Waals surface area (Å²) in [6.07, 6.45) is 2.95. The predicted octanol–water partition coefficient (Wildman–Crippen LogP) is 5.20. The molecule has 124 valence electrons. The molecular formula is C21H24N2O. The second kappa shape index (κ2) is 6.91. The first-order valence-electron chi connectivity index (χ1n) is 8.55. The summed E-state index contributed by atoms with van der Waals surface area (Å²) < 4.78 is 1.87. The molecule has 0 unspecified atom stereocenters. The molecule has 0 fully saturated rings. The number of benzene rings is 2. The summed E-state index contributed by atoms with van der Waals surface area (Å²) in [6.45, 7) is 6.31. The highest BCUT2D eigenvalue weighted by Gasteiger charge is 2.19. The zero-order chi connectivity index (χ0) is 17.1. The normalized spacial score (nSPS) is 11.0. The maximum absolute atomic E-state index is 10.5. The van der Waals surface area contributed by atoms with Gasteiger partial charge in [-0.15, -0.1) is 5.10 Å². The van der Waals surface area contributed by atoms with Crippen molar-refractivity contribution in [2.24, 2.45) is 0 Å². The Balaban J connectivity index is 2.20. The monoisotopic (exact) mass is 320 g/mol. The standard InChI is InChI=1S/C21H24N2O/c1-4-5-9-19-20(17-8-6-7-16(3)14-17)23(22-21(19)24)18-12-10-15(2)11-13-18/h6-8,10-14H,4-5,9H2,1-3H3,(H,22,24). The Kier molecular flexibility index (Phi) is 4.70. The first kappa shape index (κ1) is 16.3. The molecular weight excluding hydrogens is 296 g/mol. The third-order valence-electron chi connectivity index (χ3n) is 4.31. The van der Waals surface area contributed by atoms with Gasteiger partial charge in [-0.1, -0.05) is 54.8 Å². The third-order valence-corrected chi connectivity index (χ3v) is 4.31. The molecule has 0 spiro atoms. The second-order valence-corrected chi connectivity index (χ2v) is 6.37. The number of aromatic hydroxyl groups is 1. The van der Waals surface area contributed by atoms with E-state index in [0.29, 0.717) is 0 Å². The van der Waals surface area contributed by atoms with E-state index in [1.165, 1.54) is 11.1 Å². The minimum absolute atomic E-state index is 0.139. The second-order valence-electron chi connectivity index (χ2n) is 6.37. The lowest BCUT2D eigenvalue weighted by Gasteiger charge is -2.11. The van der Waals surface area contributed by atoms with Crippen molar-refractivity contribution in [3.63, 3.8) is 0 Å². The molecule has 0 aliphatic carbocycles. The minimum Gasteiger partial charge on any atom is -0.492 e. The number of hydrogen-bond acceptors (Lipinski definition) is 2. The van der Waals surface area contributed by atoms with Gasteiger partial charge in [-0.05, 0) is 44.9 Å². The SMILES string of the molecule is CCCCc1c(O)nn(-c2ccc(C)cc2)c1-c1cccc(C)c1. The molecule has 0 bridgehead atoms. The van der Waals surface area contributed by atoms with Gasteiger partial charge in [0, 0.05) is 11.1 Å². The van der Waals surface area contributed by atoms with E-state index in [-0.39, 0.29) is 5.88 Å². The number of aryl methyl sites for hydroxylation is 2. The van der Waals surface area contributed by atoms with Gasteiger partial charge in [0.25, 0.3) is 0 Å². The predicted molar refractivity (Wildman–Crippen MR) is 98.8 cm³/mol. The Bertz CT molecular complexity index is 832. The van der Waals surface area contributed by atoms with E-state index >= 15 is 0 Å². The lowest BCUT2D eigenvalue weighted by molar-refractivity contribution is 0.441. The Hall–Kier alpha value is -2.55. The van der Waals surface area contributed by atoms with Crippen LogP contribution in [0.4, 0.5) is 0 Å². The van der Waals surface area contributed by atoms with Crippen molar-refractivity contribution in [2.45, 2.75) is 40.0 Å². The van der Waals surface area contributed by atoms with Gasteiger partial charge in [-0.2, -0.15) is 0 Å². The lowest BCUT2D eigenvalue weighted by atomic mass is 10.0. The van der Waals surface area contributed by atoms with Crippen molar-refractivity contribution in [2.75, 3.05) is 0 Å². The van der Waals surface area contributed by atoms with Gasteiger partial charge in [-0.25, -0.2) is 4.68 Å². The van der Waals surface area contributed by atoms with Gasteiger partial charge in [0.05, 0.1) is 11.4 Å². The molecule has 1 aromatic heterocycles. The number of unbranched alkanes of at least 4 members (excludes halogenated alkanes) is 1. The maximum atomic E-state index is 10.5. The van der Waals surface area contributed by atoms with E-state index in [1.807, 2.05) is 16.8 Å². The molecule has 0 radical (unpaired) electrons. The van der Waals surface area contributed by atoms with Crippen molar-refractivity contribution in [3.8, 4) is 22.8 Å². The van der Waals surface area contributed by atoms with Crippen LogP contribution in [0.15, 0.2) is 48.5 Å². The number of hydrogen-bond donors (Lipinski definition) is 1. The van der Waals surface area contributed by atoms with Gasteiger partial charge >= 0.3 is 0 Å². The largest absolute Gasteiger partial charge is 0.492 e.